The zero-order valence-electron chi connectivity index (χ0n) is 22.7. The number of piperidine rings is 1. The first kappa shape index (κ1) is 26.5. The van der Waals surface area contributed by atoms with Gasteiger partial charge in [-0.3, -0.25) is 4.68 Å². The van der Waals surface area contributed by atoms with E-state index in [1.54, 1.807) is 29.3 Å². The number of ether oxygens (including phenoxy) is 1. The average Bonchev–Trinajstić information content (AvgIpc) is 3.51. The predicted molar refractivity (Wildman–Crippen MR) is 146 cm³/mol. The summed E-state index contributed by atoms with van der Waals surface area (Å²) < 4.78 is 52.5. The first-order valence-electron chi connectivity index (χ1n) is 13.5. The predicted octanol–water partition coefficient (Wildman–Crippen LogP) is 4.20. The van der Waals surface area contributed by atoms with Crippen molar-refractivity contribution in [1.29, 1.82) is 0 Å². The molecule has 0 spiro atoms. The first-order chi connectivity index (χ1) is 19.3. The van der Waals surface area contributed by atoms with Crippen molar-refractivity contribution in [2.75, 3.05) is 50.1 Å². The number of fused-ring (bicyclic) bond motifs is 1. The van der Waals surface area contributed by atoms with Crippen molar-refractivity contribution >= 4 is 22.8 Å². The number of alkyl halides is 3. The lowest BCUT2D eigenvalue weighted by atomic mass is 10.1. The molecule has 40 heavy (non-hydrogen) atoms. The van der Waals surface area contributed by atoms with Gasteiger partial charge in [0.15, 0.2) is 5.69 Å². The van der Waals surface area contributed by atoms with Gasteiger partial charge in [-0.2, -0.15) is 23.3 Å². The molecule has 0 saturated carbocycles. The molecule has 2 aliphatic rings. The maximum Gasteiger partial charge on any atom is 0.435 e. The van der Waals surface area contributed by atoms with E-state index in [0.717, 1.165) is 18.6 Å². The van der Waals surface area contributed by atoms with Crippen molar-refractivity contribution < 1.29 is 17.9 Å². The van der Waals surface area contributed by atoms with Gasteiger partial charge in [-0.05, 0) is 51.9 Å². The van der Waals surface area contributed by atoms with Gasteiger partial charge in [0.2, 0.25) is 11.9 Å². The van der Waals surface area contributed by atoms with Crippen LogP contribution in [0.1, 0.15) is 37.2 Å². The second-order valence-corrected chi connectivity index (χ2v) is 10.3. The fourth-order valence-corrected chi connectivity index (χ4v) is 5.69. The van der Waals surface area contributed by atoms with Gasteiger partial charge in [-0.15, -0.1) is 0 Å². The highest BCUT2D eigenvalue weighted by molar-refractivity contribution is 5.81. The number of nitrogens with zero attached hydrogens (tertiary/aromatic N) is 7. The first-order valence-corrected chi connectivity index (χ1v) is 13.5. The summed E-state index contributed by atoms with van der Waals surface area (Å²) in [4.78, 5) is 16.3. The minimum atomic E-state index is -4.66. The Hall–Kier alpha value is -3.71. The highest BCUT2D eigenvalue weighted by atomic mass is 19.4. The van der Waals surface area contributed by atoms with E-state index in [2.05, 4.69) is 25.6 Å². The van der Waals surface area contributed by atoms with Crippen LogP contribution in [-0.2, 0) is 10.9 Å². The summed E-state index contributed by atoms with van der Waals surface area (Å²) in [6.45, 7) is 6.72. The Kier molecular flexibility index (Phi) is 6.87. The SMILES string of the molecule is CNc1nc2ccccc2n1-c1nc(-c2c(C(F)(F)F)nn(C3CCNCC3)c2C)cc(N2CCOC[C@H]2C)n1. The van der Waals surface area contributed by atoms with E-state index >= 15 is 0 Å². The van der Waals surface area contributed by atoms with Crippen LogP contribution in [0.4, 0.5) is 24.9 Å². The van der Waals surface area contributed by atoms with Crippen LogP contribution in [0.5, 0.6) is 0 Å². The molecule has 0 amide bonds. The molecule has 2 saturated heterocycles. The van der Waals surface area contributed by atoms with Gasteiger partial charge in [0, 0.05) is 25.4 Å². The molecule has 4 aromatic rings. The number of hydrogen-bond donors (Lipinski definition) is 2. The third kappa shape index (κ3) is 4.66. The number of para-hydroxylation sites is 2. The molecule has 6 rings (SSSR count). The van der Waals surface area contributed by atoms with Crippen molar-refractivity contribution in [2.24, 2.45) is 0 Å². The summed E-state index contributed by atoms with van der Waals surface area (Å²) in [6, 6.07) is 9.02. The third-order valence-corrected chi connectivity index (χ3v) is 7.68. The lowest BCUT2D eigenvalue weighted by molar-refractivity contribution is -0.141. The third-order valence-electron chi connectivity index (χ3n) is 7.68. The van der Waals surface area contributed by atoms with Crippen molar-refractivity contribution in [2.45, 2.75) is 44.9 Å². The molecular formula is C27H32F3N9O. The minimum Gasteiger partial charge on any atom is -0.377 e. The molecule has 2 aliphatic heterocycles. The van der Waals surface area contributed by atoms with Gasteiger partial charge in [0.05, 0.1) is 47.6 Å². The molecule has 2 N–H and O–H groups in total. The number of nitrogens with one attached hydrogen (secondary N) is 2. The van der Waals surface area contributed by atoms with E-state index in [0.29, 0.717) is 55.6 Å². The van der Waals surface area contributed by atoms with Gasteiger partial charge >= 0.3 is 6.18 Å². The van der Waals surface area contributed by atoms with E-state index < -0.39 is 11.9 Å². The highest BCUT2D eigenvalue weighted by Gasteiger charge is 2.41. The number of benzene rings is 1. The Labute approximate surface area is 229 Å². The molecule has 13 heteroatoms. The van der Waals surface area contributed by atoms with Gasteiger partial charge < -0.3 is 20.3 Å². The molecule has 1 atom stereocenters. The number of halogens is 3. The number of hydrogen-bond acceptors (Lipinski definition) is 8. The maximum absolute atomic E-state index is 14.5. The molecule has 5 heterocycles. The Morgan fingerprint density at radius 2 is 1.88 bits per heavy atom. The zero-order valence-corrected chi connectivity index (χ0v) is 22.7. The fraction of sp³-hybridized carbons (Fsp3) is 0.481. The summed E-state index contributed by atoms with van der Waals surface area (Å²) in [5.74, 6) is 1.24. The quantitative estimate of drug-likeness (QED) is 0.378. The van der Waals surface area contributed by atoms with E-state index in [9.17, 15) is 13.2 Å². The fourth-order valence-electron chi connectivity index (χ4n) is 5.69. The lowest BCUT2D eigenvalue weighted by Crippen LogP contribution is -2.44. The smallest absolute Gasteiger partial charge is 0.377 e. The normalized spacial score (nSPS) is 18.9. The van der Waals surface area contributed by atoms with E-state index in [-0.39, 0.29) is 29.3 Å². The van der Waals surface area contributed by atoms with Crippen molar-refractivity contribution in [3.8, 4) is 17.2 Å². The molecule has 3 aromatic heterocycles. The molecule has 2 fully saturated rings. The van der Waals surface area contributed by atoms with Crippen LogP contribution in [0.15, 0.2) is 30.3 Å². The molecule has 1 aromatic carbocycles. The average molecular weight is 556 g/mol. The maximum atomic E-state index is 14.5. The molecular weight excluding hydrogens is 523 g/mol. The Morgan fingerprint density at radius 1 is 1.10 bits per heavy atom. The highest BCUT2D eigenvalue weighted by Crippen LogP contribution is 2.40. The Balaban J connectivity index is 1.60. The number of imidazole rings is 1. The molecule has 0 aliphatic carbocycles. The van der Waals surface area contributed by atoms with E-state index in [1.807, 2.05) is 31.2 Å². The molecule has 212 valence electrons. The summed E-state index contributed by atoms with van der Waals surface area (Å²) in [7, 11) is 1.74. The van der Waals surface area contributed by atoms with Crippen LogP contribution in [0, 0.1) is 6.92 Å². The van der Waals surface area contributed by atoms with Crippen molar-refractivity contribution in [3.05, 3.63) is 41.7 Å². The summed E-state index contributed by atoms with van der Waals surface area (Å²) in [5.41, 5.74) is 1.11. The number of rotatable bonds is 5. The second kappa shape index (κ2) is 10.4. The van der Waals surface area contributed by atoms with Crippen molar-refractivity contribution in [1.82, 2.24) is 34.6 Å². The molecule has 0 bridgehead atoms. The van der Waals surface area contributed by atoms with Crippen molar-refractivity contribution in [3.63, 3.8) is 0 Å². The number of morpholine rings is 1. The van der Waals surface area contributed by atoms with Crippen LogP contribution in [0.3, 0.4) is 0 Å². The van der Waals surface area contributed by atoms with Crippen LogP contribution < -0.4 is 15.5 Å². The number of anilines is 2. The van der Waals surface area contributed by atoms with Gasteiger partial charge in [-0.1, -0.05) is 12.1 Å². The molecule has 0 radical (unpaired) electrons. The Morgan fingerprint density at radius 3 is 2.60 bits per heavy atom. The summed E-state index contributed by atoms with van der Waals surface area (Å²) >= 11 is 0. The standard InChI is InChI=1S/C27H32F3N9O/c1-16-15-40-13-12-37(16)22-14-20(34-26(35-22)38-21-7-5-4-6-19(21)33-25(38)31-3)23-17(2)39(18-8-10-32-11-9-18)36-24(23)27(28,29)30/h4-7,14,16,18,32H,8-13,15H2,1-3H3,(H,31,33)/t16-/m1/s1. The molecule has 0 unspecified atom stereocenters. The lowest BCUT2D eigenvalue weighted by Gasteiger charge is -2.34. The van der Waals surface area contributed by atoms with E-state index in [4.69, 9.17) is 14.7 Å². The Bertz CT molecular complexity index is 1520. The summed E-state index contributed by atoms with van der Waals surface area (Å²) in [6.07, 6.45) is -3.25. The van der Waals surface area contributed by atoms with Crippen LogP contribution in [-0.4, -0.2) is 75.2 Å². The topological polar surface area (TPSA) is 98.0 Å². The van der Waals surface area contributed by atoms with Crippen LogP contribution in [0.2, 0.25) is 0 Å². The second-order valence-electron chi connectivity index (χ2n) is 10.3. The largest absolute Gasteiger partial charge is 0.435 e. The molecule has 10 nitrogen and oxygen atoms in total. The van der Waals surface area contributed by atoms with Gasteiger partial charge in [0.1, 0.15) is 5.82 Å². The van der Waals surface area contributed by atoms with Crippen LogP contribution in [0.25, 0.3) is 28.2 Å². The number of aromatic nitrogens is 6. The monoisotopic (exact) mass is 555 g/mol. The zero-order chi connectivity index (χ0) is 28.0. The summed E-state index contributed by atoms with van der Waals surface area (Å²) in [5, 5.41) is 10.5. The van der Waals surface area contributed by atoms with Gasteiger partial charge in [-0.25, -0.2) is 14.5 Å². The van der Waals surface area contributed by atoms with Gasteiger partial charge in [0.25, 0.3) is 0 Å². The van der Waals surface area contributed by atoms with E-state index in [1.165, 1.54) is 0 Å². The van der Waals surface area contributed by atoms with Crippen LogP contribution >= 0.6 is 0 Å². The minimum absolute atomic E-state index is 0.0201.